The van der Waals surface area contributed by atoms with E-state index in [-0.39, 0.29) is 11.6 Å². The molecule has 2 rings (SSSR count). The van der Waals surface area contributed by atoms with Crippen LogP contribution in [-0.4, -0.2) is 29.7 Å². The molecule has 60 valence electrons. The number of oxime groups is 1. The molecule has 5 heteroatoms. The largest absolute Gasteiger partial charge is 0.477 e. The van der Waals surface area contributed by atoms with Crippen LogP contribution in [0, 0.1) is 5.92 Å². The molecule has 0 aromatic heterocycles. The van der Waals surface area contributed by atoms with Gasteiger partial charge in [0, 0.05) is 0 Å². The van der Waals surface area contributed by atoms with Gasteiger partial charge in [-0.15, -0.1) is 0 Å². The number of carboxylic acid groups (broad SMARTS) is 1. The van der Waals surface area contributed by atoms with E-state index in [1.54, 1.807) is 0 Å². The number of ether oxygens (including phenoxy) is 1. The number of hydrogen-bond donors (Lipinski definition) is 1. The molecule has 0 saturated carbocycles. The first-order valence-electron chi connectivity index (χ1n) is 3.37. The third kappa shape index (κ3) is 0.883. The minimum absolute atomic E-state index is 0.0903. The molecule has 2 atom stereocenters. The van der Waals surface area contributed by atoms with Crippen LogP contribution >= 0.6 is 0 Å². The van der Waals surface area contributed by atoms with Crippen molar-refractivity contribution in [2.24, 2.45) is 11.1 Å². The Bertz CT molecular complexity index is 225. The highest BCUT2D eigenvalue weighted by molar-refractivity contribution is 6.36. The molecular weight excluding hydrogens is 150 g/mol. The lowest BCUT2D eigenvalue weighted by Crippen LogP contribution is -2.24. The SMILES string of the molecule is O=C(O)C1=NOC2OCCC12. The second-order valence-electron chi connectivity index (χ2n) is 2.52. The molecule has 2 unspecified atom stereocenters. The average molecular weight is 157 g/mol. The highest BCUT2D eigenvalue weighted by Gasteiger charge is 2.42. The Hall–Kier alpha value is -1.10. The van der Waals surface area contributed by atoms with Crippen LogP contribution in [0.25, 0.3) is 0 Å². The van der Waals surface area contributed by atoms with Gasteiger partial charge in [0.1, 0.15) is 0 Å². The van der Waals surface area contributed by atoms with E-state index in [0.29, 0.717) is 13.0 Å². The molecule has 1 fully saturated rings. The van der Waals surface area contributed by atoms with Crippen LogP contribution in [0.15, 0.2) is 5.16 Å². The summed E-state index contributed by atoms with van der Waals surface area (Å²) in [6.07, 6.45) is 0.247. The number of rotatable bonds is 1. The molecule has 0 aliphatic carbocycles. The van der Waals surface area contributed by atoms with E-state index in [9.17, 15) is 4.79 Å². The Morgan fingerprint density at radius 1 is 1.73 bits per heavy atom. The molecule has 0 bridgehead atoms. The molecule has 0 radical (unpaired) electrons. The van der Waals surface area contributed by atoms with E-state index in [2.05, 4.69) is 5.16 Å². The second-order valence-corrected chi connectivity index (χ2v) is 2.52. The molecule has 1 saturated heterocycles. The molecule has 5 nitrogen and oxygen atoms in total. The molecule has 2 aliphatic rings. The zero-order valence-electron chi connectivity index (χ0n) is 5.69. The van der Waals surface area contributed by atoms with Crippen molar-refractivity contribution in [3.63, 3.8) is 0 Å². The maximum atomic E-state index is 10.5. The number of fused-ring (bicyclic) bond motifs is 1. The van der Waals surface area contributed by atoms with Crippen LogP contribution in [0.5, 0.6) is 0 Å². The highest BCUT2D eigenvalue weighted by Crippen LogP contribution is 2.28. The Balaban J connectivity index is 2.18. The summed E-state index contributed by atoms with van der Waals surface area (Å²) in [5.41, 5.74) is 0.0903. The predicted octanol–water partition coefficient (Wildman–Crippen LogP) is -0.180. The fourth-order valence-electron chi connectivity index (χ4n) is 1.31. The summed E-state index contributed by atoms with van der Waals surface area (Å²) in [6.45, 7) is 0.557. The van der Waals surface area contributed by atoms with Crippen molar-refractivity contribution in [2.75, 3.05) is 6.61 Å². The lowest BCUT2D eigenvalue weighted by Gasteiger charge is -2.03. The van der Waals surface area contributed by atoms with Gasteiger partial charge in [-0.1, -0.05) is 5.16 Å². The summed E-state index contributed by atoms with van der Waals surface area (Å²) in [4.78, 5) is 15.2. The van der Waals surface area contributed by atoms with Crippen molar-refractivity contribution in [3.05, 3.63) is 0 Å². The number of carbonyl (C=O) groups is 1. The summed E-state index contributed by atoms with van der Waals surface area (Å²) in [5.74, 6) is -1.17. The smallest absolute Gasteiger partial charge is 0.354 e. The number of nitrogens with zero attached hydrogens (tertiary/aromatic N) is 1. The molecule has 11 heavy (non-hydrogen) atoms. The first-order chi connectivity index (χ1) is 5.29. The van der Waals surface area contributed by atoms with Crippen molar-refractivity contribution in [3.8, 4) is 0 Å². The van der Waals surface area contributed by atoms with Crippen molar-refractivity contribution >= 4 is 11.7 Å². The molecule has 2 aliphatic heterocycles. The molecule has 0 aromatic rings. The molecule has 1 N–H and O–H groups in total. The van der Waals surface area contributed by atoms with Gasteiger partial charge < -0.3 is 14.7 Å². The first kappa shape index (κ1) is 6.60. The van der Waals surface area contributed by atoms with Gasteiger partial charge in [0.2, 0.25) is 6.29 Å². The number of aliphatic carboxylic acids is 1. The third-order valence-electron chi connectivity index (χ3n) is 1.86. The summed E-state index contributed by atoms with van der Waals surface area (Å²) < 4.78 is 5.06. The normalized spacial score (nSPS) is 34.4. The Morgan fingerprint density at radius 2 is 2.55 bits per heavy atom. The van der Waals surface area contributed by atoms with Gasteiger partial charge in [0.05, 0.1) is 12.5 Å². The fourth-order valence-corrected chi connectivity index (χ4v) is 1.31. The quantitative estimate of drug-likeness (QED) is 0.573. The van der Waals surface area contributed by atoms with Crippen LogP contribution in [0.3, 0.4) is 0 Å². The lowest BCUT2D eigenvalue weighted by molar-refractivity contribution is -0.129. The van der Waals surface area contributed by atoms with Gasteiger partial charge in [-0.25, -0.2) is 4.79 Å². The average Bonchev–Trinajstić information content (AvgIpc) is 2.41. The topological polar surface area (TPSA) is 68.1 Å². The third-order valence-corrected chi connectivity index (χ3v) is 1.86. The zero-order chi connectivity index (χ0) is 7.84. The van der Waals surface area contributed by atoms with Gasteiger partial charge in [-0.3, -0.25) is 0 Å². The van der Waals surface area contributed by atoms with Gasteiger partial charge in [0.25, 0.3) is 0 Å². The van der Waals surface area contributed by atoms with Crippen LogP contribution in [0.1, 0.15) is 6.42 Å². The van der Waals surface area contributed by atoms with Gasteiger partial charge in [-0.05, 0) is 6.42 Å². The minimum Gasteiger partial charge on any atom is -0.477 e. The number of carboxylic acids is 1. The molecule has 0 spiro atoms. The van der Waals surface area contributed by atoms with Gasteiger partial charge in [0.15, 0.2) is 5.71 Å². The molecular formula is C6H7NO4. The standard InChI is InChI=1S/C6H7NO4/c8-5(9)4-3-1-2-10-6(3)11-7-4/h3,6H,1-2H2,(H,8,9). The lowest BCUT2D eigenvalue weighted by atomic mass is 10.0. The maximum absolute atomic E-state index is 10.5. The summed E-state index contributed by atoms with van der Waals surface area (Å²) in [7, 11) is 0. The molecule has 0 aromatic carbocycles. The second kappa shape index (κ2) is 2.20. The van der Waals surface area contributed by atoms with E-state index in [1.807, 2.05) is 0 Å². The highest BCUT2D eigenvalue weighted by atomic mass is 16.8. The van der Waals surface area contributed by atoms with Crippen molar-refractivity contribution in [2.45, 2.75) is 12.7 Å². The summed E-state index contributed by atoms with van der Waals surface area (Å²) in [6, 6.07) is 0. The Labute approximate surface area is 62.6 Å². The van der Waals surface area contributed by atoms with Crippen LogP contribution in [0.4, 0.5) is 0 Å². The van der Waals surface area contributed by atoms with E-state index >= 15 is 0 Å². The van der Waals surface area contributed by atoms with E-state index < -0.39 is 12.3 Å². The van der Waals surface area contributed by atoms with Gasteiger partial charge >= 0.3 is 5.97 Å². The van der Waals surface area contributed by atoms with Crippen molar-refractivity contribution in [1.29, 1.82) is 0 Å². The Kier molecular flexibility index (Phi) is 1.32. The first-order valence-corrected chi connectivity index (χ1v) is 3.37. The van der Waals surface area contributed by atoms with Crippen molar-refractivity contribution in [1.82, 2.24) is 0 Å². The summed E-state index contributed by atoms with van der Waals surface area (Å²) >= 11 is 0. The zero-order valence-corrected chi connectivity index (χ0v) is 5.69. The summed E-state index contributed by atoms with van der Waals surface area (Å²) in [5, 5.41) is 12.0. The monoisotopic (exact) mass is 157 g/mol. The molecule has 0 amide bonds. The maximum Gasteiger partial charge on any atom is 0.354 e. The Morgan fingerprint density at radius 3 is 3.27 bits per heavy atom. The van der Waals surface area contributed by atoms with Crippen LogP contribution in [0.2, 0.25) is 0 Å². The van der Waals surface area contributed by atoms with E-state index in [0.717, 1.165) is 0 Å². The van der Waals surface area contributed by atoms with Gasteiger partial charge in [-0.2, -0.15) is 0 Å². The molecule has 2 heterocycles. The number of hydrogen-bond acceptors (Lipinski definition) is 4. The van der Waals surface area contributed by atoms with Crippen LogP contribution < -0.4 is 0 Å². The minimum atomic E-state index is -1.01. The van der Waals surface area contributed by atoms with E-state index in [1.165, 1.54) is 0 Å². The van der Waals surface area contributed by atoms with E-state index in [4.69, 9.17) is 14.7 Å². The van der Waals surface area contributed by atoms with Crippen molar-refractivity contribution < 1.29 is 19.5 Å². The van der Waals surface area contributed by atoms with Crippen LogP contribution in [-0.2, 0) is 14.4 Å². The predicted molar refractivity (Wildman–Crippen MR) is 34.0 cm³/mol. The fraction of sp³-hybridized carbons (Fsp3) is 0.667.